The molecule has 0 bridgehead atoms. The first-order valence-corrected chi connectivity index (χ1v) is 7.91. The molecule has 1 aromatic carbocycles. The molecule has 2 N–H and O–H groups in total. The minimum atomic E-state index is -0.717. The Kier molecular flexibility index (Phi) is 6.10. The lowest BCUT2D eigenvalue weighted by atomic mass is 10.0. The van der Waals surface area contributed by atoms with Gasteiger partial charge in [0.25, 0.3) is 0 Å². The summed E-state index contributed by atoms with van der Waals surface area (Å²) < 4.78 is 23.7. The van der Waals surface area contributed by atoms with Crippen molar-refractivity contribution >= 4 is 17.7 Å². The number of amides is 2. The minimum Gasteiger partial charge on any atom is -0.480 e. The first-order chi connectivity index (χ1) is 12.4. The zero-order valence-corrected chi connectivity index (χ0v) is 14.2. The average molecular weight is 367 g/mol. The van der Waals surface area contributed by atoms with Crippen molar-refractivity contribution in [3.8, 4) is 5.75 Å². The summed E-state index contributed by atoms with van der Waals surface area (Å²) in [6.45, 7) is 3.17. The van der Waals surface area contributed by atoms with Crippen LogP contribution in [-0.2, 0) is 9.53 Å². The Hall–Kier alpha value is -3.17. The molecule has 140 valence electrons. The first kappa shape index (κ1) is 19.2. The summed E-state index contributed by atoms with van der Waals surface area (Å²) >= 11 is 0. The van der Waals surface area contributed by atoms with Crippen LogP contribution < -0.4 is 15.4 Å². The number of benzene rings is 1. The zero-order chi connectivity index (χ0) is 19.3. The fourth-order valence-corrected chi connectivity index (χ4v) is 2.48. The van der Waals surface area contributed by atoms with Gasteiger partial charge in [0.15, 0.2) is 5.75 Å². The van der Waals surface area contributed by atoms with Crippen LogP contribution in [-0.4, -0.2) is 36.2 Å². The second-order valence-electron chi connectivity index (χ2n) is 5.33. The molecule has 26 heavy (non-hydrogen) atoms. The van der Waals surface area contributed by atoms with Crippen molar-refractivity contribution < 1.29 is 28.4 Å². The maximum Gasteiger partial charge on any atom is 0.338 e. The number of nitrogens with zero attached hydrogens (tertiary/aromatic N) is 1. The van der Waals surface area contributed by atoms with Gasteiger partial charge in [-0.05, 0) is 19.4 Å². The number of nitrogens with one attached hydrogen (secondary N) is 2. The van der Waals surface area contributed by atoms with Crippen LogP contribution in [0.2, 0.25) is 0 Å². The largest absolute Gasteiger partial charge is 0.480 e. The summed E-state index contributed by atoms with van der Waals surface area (Å²) in [6, 6.07) is 1.64. The highest BCUT2D eigenvalue weighted by atomic mass is 19.1. The topological polar surface area (TPSA) is 120 Å². The molecule has 0 aromatic heterocycles. The summed E-state index contributed by atoms with van der Waals surface area (Å²) in [6.07, 6.45) is 0.422. The molecule has 1 aliphatic rings. The maximum atomic E-state index is 13.4. The normalized spacial score (nSPS) is 16.6. The van der Waals surface area contributed by atoms with E-state index in [0.29, 0.717) is 6.42 Å². The second-order valence-corrected chi connectivity index (χ2v) is 5.33. The number of carbonyl (C=O) groups excluding carboxylic acids is 2. The van der Waals surface area contributed by atoms with Crippen molar-refractivity contribution in [2.45, 2.75) is 26.3 Å². The van der Waals surface area contributed by atoms with Crippen molar-refractivity contribution in [1.82, 2.24) is 10.6 Å². The lowest BCUT2D eigenvalue weighted by Gasteiger charge is -2.28. The summed E-state index contributed by atoms with van der Waals surface area (Å²) in [5.41, 5.74) is -0.164. The zero-order valence-electron chi connectivity index (χ0n) is 14.2. The van der Waals surface area contributed by atoms with Crippen molar-refractivity contribution in [1.29, 1.82) is 0 Å². The Balaban J connectivity index is 2.34. The van der Waals surface area contributed by atoms with Crippen LogP contribution in [0, 0.1) is 15.9 Å². The molecule has 1 aromatic rings. The molecule has 10 heteroatoms. The van der Waals surface area contributed by atoms with Crippen LogP contribution in [0.1, 0.15) is 20.3 Å². The molecule has 0 spiro atoms. The highest BCUT2D eigenvalue weighted by Gasteiger charge is 2.32. The number of urea groups is 1. The van der Waals surface area contributed by atoms with E-state index >= 15 is 0 Å². The van der Waals surface area contributed by atoms with Crippen LogP contribution in [0.25, 0.3) is 0 Å². The summed E-state index contributed by atoms with van der Waals surface area (Å²) in [7, 11) is 0. The van der Waals surface area contributed by atoms with Gasteiger partial charge in [-0.2, -0.15) is 0 Å². The third-order valence-electron chi connectivity index (χ3n) is 3.64. The molecule has 0 unspecified atom stereocenters. The molecule has 0 saturated carbocycles. The predicted octanol–water partition coefficient (Wildman–Crippen LogP) is 2.02. The Morgan fingerprint density at radius 1 is 1.38 bits per heavy atom. The van der Waals surface area contributed by atoms with E-state index < -0.39 is 34.5 Å². The number of halogens is 1. The molecule has 2 rings (SSSR count). The number of hydrogen-bond donors (Lipinski definition) is 2. The maximum absolute atomic E-state index is 13.4. The first-order valence-electron chi connectivity index (χ1n) is 7.91. The quantitative estimate of drug-likeness (QED) is 0.432. The van der Waals surface area contributed by atoms with Crippen LogP contribution in [0.5, 0.6) is 5.75 Å². The second kappa shape index (κ2) is 8.28. The predicted molar refractivity (Wildman–Crippen MR) is 88.0 cm³/mol. The van der Waals surface area contributed by atoms with Gasteiger partial charge >= 0.3 is 17.7 Å². The Bertz CT molecular complexity index is 764. The van der Waals surface area contributed by atoms with E-state index in [0.717, 1.165) is 18.2 Å². The molecule has 0 saturated heterocycles. The highest BCUT2D eigenvalue weighted by Crippen LogP contribution is 2.28. The molecule has 0 fully saturated rings. The summed E-state index contributed by atoms with van der Waals surface area (Å²) in [4.78, 5) is 34.3. The average Bonchev–Trinajstić information content (AvgIpc) is 2.59. The molecule has 0 aliphatic carbocycles. The highest BCUT2D eigenvalue weighted by molar-refractivity contribution is 5.94. The van der Waals surface area contributed by atoms with E-state index in [2.05, 4.69) is 10.6 Å². The van der Waals surface area contributed by atoms with Gasteiger partial charge in [-0.3, -0.25) is 10.1 Å². The van der Waals surface area contributed by atoms with E-state index in [1.165, 1.54) is 0 Å². The molecule has 0 radical (unpaired) electrons. The van der Waals surface area contributed by atoms with Gasteiger partial charge in [0, 0.05) is 12.1 Å². The molecular formula is C16H18FN3O6. The molecule has 1 heterocycles. The number of nitro groups is 1. The Morgan fingerprint density at radius 2 is 2.12 bits per heavy atom. The van der Waals surface area contributed by atoms with E-state index in [1.807, 2.05) is 0 Å². The van der Waals surface area contributed by atoms with Crippen molar-refractivity contribution in [3.05, 3.63) is 45.4 Å². The smallest absolute Gasteiger partial charge is 0.338 e. The van der Waals surface area contributed by atoms with E-state index in [-0.39, 0.29) is 30.2 Å². The SMILES string of the molecule is CCOC(=O)C1=C(COc2cc(F)ccc2[N+](=O)[O-])NC(=O)N[C@H]1CC. The van der Waals surface area contributed by atoms with Crippen molar-refractivity contribution in [3.63, 3.8) is 0 Å². The summed E-state index contributed by atoms with van der Waals surface area (Å²) in [5.74, 6) is -1.67. The molecule has 1 aliphatic heterocycles. The van der Waals surface area contributed by atoms with Crippen LogP contribution in [0.3, 0.4) is 0 Å². The minimum absolute atomic E-state index is 0.109. The van der Waals surface area contributed by atoms with Crippen molar-refractivity contribution in [2.75, 3.05) is 13.2 Å². The molecule has 1 atom stereocenters. The van der Waals surface area contributed by atoms with Gasteiger partial charge in [0.1, 0.15) is 12.4 Å². The molecule has 9 nitrogen and oxygen atoms in total. The lowest BCUT2D eigenvalue weighted by Crippen LogP contribution is -2.51. The van der Waals surface area contributed by atoms with Gasteiger partial charge < -0.3 is 20.1 Å². The van der Waals surface area contributed by atoms with Crippen LogP contribution in [0.15, 0.2) is 29.5 Å². The van der Waals surface area contributed by atoms with E-state index in [9.17, 15) is 24.1 Å². The number of nitro benzene ring substituents is 1. The van der Waals surface area contributed by atoms with Crippen LogP contribution >= 0.6 is 0 Å². The van der Waals surface area contributed by atoms with E-state index in [4.69, 9.17) is 9.47 Å². The molecule has 2 amide bonds. The van der Waals surface area contributed by atoms with Crippen LogP contribution in [0.4, 0.5) is 14.9 Å². The van der Waals surface area contributed by atoms with Gasteiger partial charge in [-0.15, -0.1) is 0 Å². The third-order valence-corrected chi connectivity index (χ3v) is 3.64. The standard InChI is InChI=1S/C16H18FN3O6/c1-3-10-14(15(21)25-4-2)11(19-16(22)18-10)8-26-13-7-9(17)5-6-12(13)20(23)24/h5-7,10H,3-4,8H2,1-2H3,(H2,18,19,22)/t10-/m0/s1. The Morgan fingerprint density at radius 3 is 2.73 bits per heavy atom. The molecular weight excluding hydrogens is 349 g/mol. The number of ether oxygens (including phenoxy) is 2. The van der Waals surface area contributed by atoms with Crippen molar-refractivity contribution in [2.24, 2.45) is 0 Å². The third kappa shape index (κ3) is 4.26. The summed E-state index contributed by atoms with van der Waals surface area (Å²) in [5, 5.41) is 16.1. The van der Waals surface area contributed by atoms with Gasteiger partial charge in [0.2, 0.25) is 0 Å². The Labute approximate surface area is 148 Å². The van der Waals surface area contributed by atoms with Gasteiger partial charge in [0.05, 0.1) is 28.8 Å². The fraction of sp³-hybridized carbons (Fsp3) is 0.375. The van der Waals surface area contributed by atoms with Gasteiger partial charge in [-0.25, -0.2) is 14.0 Å². The van der Waals surface area contributed by atoms with Gasteiger partial charge in [-0.1, -0.05) is 6.92 Å². The number of hydrogen-bond acceptors (Lipinski definition) is 6. The number of carbonyl (C=O) groups is 2. The monoisotopic (exact) mass is 367 g/mol. The lowest BCUT2D eigenvalue weighted by molar-refractivity contribution is -0.385. The fourth-order valence-electron chi connectivity index (χ4n) is 2.48. The number of rotatable bonds is 7. The number of esters is 1. The van der Waals surface area contributed by atoms with E-state index in [1.54, 1.807) is 13.8 Å².